The smallest absolute Gasteiger partial charge is 0.160 e. The second kappa shape index (κ2) is 5.25. The summed E-state index contributed by atoms with van der Waals surface area (Å²) in [6.07, 6.45) is 3.93. The Balaban J connectivity index is 1.62. The molecule has 0 radical (unpaired) electrons. The molecule has 0 saturated heterocycles. The van der Waals surface area contributed by atoms with Gasteiger partial charge in [0.15, 0.2) is 11.5 Å². The maximum atomic E-state index is 4.18. The lowest BCUT2D eigenvalue weighted by Gasteiger charge is -2.17. The Labute approximate surface area is 123 Å². The van der Waals surface area contributed by atoms with Crippen LogP contribution in [0.2, 0.25) is 0 Å². The van der Waals surface area contributed by atoms with E-state index in [1.807, 2.05) is 39.7 Å². The fourth-order valence-electron chi connectivity index (χ4n) is 2.02. The van der Waals surface area contributed by atoms with Gasteiger partial charge in [0.1, 0.15) is 0 Å². The Kier molecular flexibility index (Phi) is 3.42. The summed E-state index contributed by atoms with van der Waals surface area (Å²) >= 11 is 0. The van der Waals surface area contributed by atoms with Crippen molar-refractivity contribution in [1.29, 1.82) is 0 Å². The van der Waals surface area contributed by atoms with Gasteiger partial charge in [-0.1, -0.05) is 11.3 Å². The van der Waals surface area contributed by atoms with Crippen LogP contribution in [0.15, 0.2) is 30.6 Å². The topological polar surface area (TPSA) is 72.9 Å². The Hall–Kier alpha value is -2.28. The maximum Gasteiger partial charge on any atom is 0.160 e. The van der Waals surface area contributed by atoms with E-state index in [0.717, 1.165) is 17.2 Å². The summed E-state index contributed by atoms with van der Waals surface area (Å²) in [5.74, 6) is 0.883. The SMILES string of the molecule is CC(C)(C)n1cc(CNCc2nnc3ccccn23)nn1. The second-order valence-corrected chi connectivity index (χ2v) is 5.97. The zero-order valence-corrected chi connectivity index (χ0v) is 12.5. The van der Waals surface area contributed by atoms with Gasteiger partial charge in [-0.25, -0.2) is 4.68 Å². The van der Waals surface area contributed by atoms with Gasteiger partial charge < -0.3 is 5.32 Å². The molecule has 0 bridgehead atoms. The summed E-state index contributed by atoms with van der Waals surface area (Å²) in [7, 11) is 0. The summed E-state index contributed by atoms with van der Waals surface area (Å²) < 4.78 is 3.84. The van der Waals surface area contributed by atoms with E-state index in [9.17, 15) is 0 Å². The molecular formula is C14H19N7. The summed E-state index contributed by atoms with van der Waals surface area (Å²) in [6, 6.07) is 5.85. The van der Waals surface area contributed by atoms with E-state index < -0.39 is 0 Å². The molecule has 3 aromatic heterocycles. The van der Waals surface area contributed by atoms with E-state index in [2.05, 4.69) is 46.6 Å². The molecule has 0 aliphatic carbocycles. The average Bonchev–Trinajstić information content (AvgIpc) is 3.06. The largest absolute Gasteiger partial charge is 0.304 e. The predicted molar refractivity (Wildman–Crippen MR) is 78.5 cm³/mol. The molecule has 0 saturated carbocycles. The molecule has 0 amide bonds. The lowest BCUT2D eigenvalue weighted by atomic mass is 10.1. The monoisotopic (exact) mass is 285 g/mol. The quantitative estimate of drug-likeness (QED) is 0.783. The highest BCUT2D eigenvalue weighted by Crippen LogP contribution is 2.11. The first kappa shape index (κ1) is 13.7. The normalized spacial score (nSPS) is 12.1. The van der Waals surface area contributed by atoms with Crippen molar-refractivity contribution in [3.63, 3.8) is 0 Å². The molecule has 0 aromatic carbocycles. The van der Waals surface area contributed by atoms with Crippen LogP contribution in [0.4, 0.5) is 0 Å². The highest BCUT2D eigenvalue weighted by molar-refractivity contribution is 5.36. The van der Waals surface area contributed by atoms with Crippen LogP contribution in [-0.2, 0) is 18.6 Å². The molecule has 0 atom stereocenters. The summed E-state index contributed by atoms with van der Waals surface area (Å²) in [6.45, 7) is 7.58. The van der Waals surface area contributed by atoms with Gasteiger partial charge in [0, 0.05) is 12.7 Å². The summed E-state index contributed by atoms with van der Waals surface area (Å²) in [5.41, 5.74) is 1.72. The van der Waals surface area contributed by atoms with Crippen LogP contribution >= 0.6 is 0 Å². The number of nitrogens with one attached hydrogen (secondary N) is 1. The Bertz CT molecular complexity index is 735. The lowest BCUT2D eigenvalue weighted by Crippen LogP contribution is -2.22. The van der Waals surface area contributed by atoms with E-state index in [-0.39, 0.29) is 5.54 Å². The minimum absolute atomic E-state index is 0.0472. The number of nitrogens with zero attached hydrogens (tertiary/aromatic N) is 6. The lowest BCUT2D eigenvalue weighted by molar-refractivity contribution is 0.347. The fourth-order valence-corrected chi connectivity index (χ4v) is 2.02. The van der Waals surface area contributed by atoms with Crippen molar-refractivity contribution >= 4 is 5.65 Å². The van der Waals surface area contributed by atoms with Gasteiger partial charge in [-0.05, 0) is 32.9 Å². The first-order chi connectivity index (χ1) is 10.0. The van der Waals surface area contributed by atoms with Gasteiger partial charge in [-0.15, -0.1) is 15.3 Å². The van der Waals surface area contributed by atoms with E-state index in [1.54, 1.807) is 0 Å². The number of hydrogen-bond donors (Lipinski definition) is 1. The van der Waals surface area contributed by atoms with Crippen molar-refractivity contribution in [3.8, 4) is 0 Å². The number of pyridine rings is 1. The van der Waals surface area contributed by atoms with Crippen molar-refractivity contribution in [2.75, 3.05) is 0 Å². The predicted octanol–water partition coefficient (Wildman–Crippen LogP) is 1.37. The minimum atomic E-state index is -0.0472. The van der Waals surface area contributed by atoms with Crippen molar-refractivity contribution in [2.24, 2.45) is 0 Å². The molecular weight excluding hydrogens is 266 g/mol. The number of fused-ring (bicyclic) bond motifs is 1. The van der Waals surface area contributed by atoms with Crippen molar-refractivity contribution in [2.45, 2.75) is 39.4 Å². The molecule has 21 heavy (non-hydrogen) atoms. The molecule has 0 unspecified atom stereocenters. The van der Waals surface area contributed by atoms with Crippen molar-refractivity contribution < 1.29 is 0 Å². The fraction of sp³-hybridized carbons (Fsp3) is 0.429. The number of rotatable bonds is 4. The summed E-state index contributed by atoms with van der Waals surface area (Å²) in [4.78, 5) is 0. The third-order valence-electron chi connectivity index (χ3n) is 3.20. The van der Waals surface area contributed by atoms with Gasteiger partial charge in [0.25, 0.3) is 0 Å². The molecule has 7 nitrogen and oxygen atoms in total. The van der Waals surface area contributed by atoms with Crippen LogP contribution in [0.25, 0.3) is 5.65 Å². The second-order valence-electron chi connectivity index (χ2n) is 5.97. The molecule has 0 aliphatic rings. The van der Waals surface area contributed by atoms with Crippen LogP contribution in [0.1, 0.15) is 32.3 Å². The van der Waals surface area contributed by atoms with Crippen molar-refractivity contribution in [1.82, 2.24) is 34.9 Å². The van der Waals surface area contributed by atoms with E-state index >= 15 is 0 Å². The van der Waals surface area contributed by atoms with E-state index in [0.29, 0.717) is 13.1 Å². The van der Waals surface area contributed by atoms with Gasteiger partial charge in [0.05, 0.1) is 24.0 Å². The standard InChI is InChI=1S/C14H19N7/c1-14(2,3)21-10-11(16-19-21)8-15-9-13-18-17-12-6-4-5-7-20(12)13/h4-7,10,15H,8-9H2,1-3H3. The Morgan fingerprint density at radius 3 is 2.71 bits per heavy atom. The zero-order valence-electron chi connectivity index (χ0n) is 12.5. The molecule has 3 aromatic rings. The molecule has 3 rings (SSSR count). The first-order valence-electron chi connectivity index (χ1n) is 6.95. The zero-order chi connectivity index (χ0) is 14.9. The molecule has 3 heterocycles. The summed E-state index contributed by atoms with van der Waals surface area (Å²) in [5, 5.41) is 19.9. The minimum Gasteiger partial charge on any atom is -0.304 e. The third-order valence-corrected chi connectivity index (χ3v) is 3.20. The molecule has 1 N–H and O–H groups in total. The highest BCUT2D eigenvalue weighted by atomic mass is 15.4. The molecule has 110 valence electrons. The average molecular weight is 285 g/mol. The van der Waals surface area contributed by atoms with E-state index in [1.165, 1.54) is 0 Å². The van der Waals surface area contributed by atoms with Gasteiger partial charge >= 0.3 is 0 Å². The number of hydrogen-bond acceptors (Lipinski definition) is 5. The first-order valence-corrected chi connectivity index (χ1v) is 6.95. The number of aromatic nitrogens is 6. The Morgan fingerprint density at radius 2 is 1.95 bits per heavy atom. The van der Waals surface area contributed by atoms with Crippen LogP contribution in [0.5, 0.6) is 0 Å². The molecule has 0 aliphatic heterocycles. The molecule has 0 fully saturated rings. The molecule has 7 heteroatoms. The van der Waals surface area contributed by atoms with Crippen LogP contribution in [0, 0.1) is 0 Å². The van der Waals surface area contributed by atoms with E-state index in [4.69, 9.17) is 0 Å². The van der Waals surface area contributed by atoms with Crippen LogP contribution in [-0.4, -0.2) is 29.6 Å². The highest BCUT2D eigenvalue weighted by Gasteiger charge is 2.14. The van der Waals surface area contributed by atoms with Crippen LogP contribution < -0.4 is 5.32 Å². The molecule has 0 spiro atoms. The van der Waals surface area contributed by atoms with Gasteiger partial charge in [0.2, 0.25) is 0 Å². The van der Waals surface area contributed by atoms with Gasteiger partial charge in [-0.3, -0.25) is 4.40 Å². The third kappa shape index (κ3) is 2.92. The van der Waals surface area contributed by atoms with Crippen LogP contribution in [0.3, 0.4) is 0 Å². The van der Waals surface area contributed by atoms with Gasteiger partial charge in [-0.2, -0.15) is 0 Å². The van der Waals surface area contributed by atoms with Crippen molar-refractivity contribution in [3.05, 3.63) is 42.1 Å². The Morgan fingerprint density at radius 1 is 1.10 bits per heavy atom. The maximum absolute atomic E-state index is 4.18.